The van der Waals surface area contributed by atoms with Crippen molar-refractivity contribution in [2.24, 2.45) is 0 Å². The Morgan fingerprint density at radius 2 is 2.20 bits per heavy atom. The van der Waals surface area contributed by atoms with Gasteiger partial charge in [0.2, 0.25) is 5.78 Å². The highest BCUT2D eigenvalue weighted by Crippen LogP contribution is 2.24. The van der Waals surface area contributed by atoms with Crippen molar-refractivity contribution < 1.29 is 4.79 Å². The molecule has 0 spiro atoms. The van der Waals surface area contributed by atoms with Crippen LogP contribution >= 0.6 is 39.1 Å². The Balaban J connectivity index is 2.39. The smallest absolute Gasteiger partial charge is 0.212 e. The minimum Gasteiger partial charge on any atom is -0.287 e. The molecule has 1 aromatic heterocycles. The average Bonchev–Trinajstić information content (AvgIpc) is 2.74. The van der Waals surface area contributed by atoms with E-state index < -0.39 is 0 Å². The van der Waals surface area contributed by atoms with Crippen molar-refractivity contribution in [3.63, 3.8) is 0 Å². The summed E-state index contributed by atoms with van der Waals surface area (Å²) in [6.07, 6.45) is 0. The average molecular weight is 303 g/mol. The number of hydrogen-bond donors (Lipinski definition) is 0. The number of benzene rings is 1. The Hall–Kier alpha value is -0.710. The van der Waals surface area contributed by atoms with E-state index >= 15 is 0 Å². The Morgan fingerprint density at radius 3 is 2.80 bits per heavy atom. The first kappa shape index (κ1) is 10.8. The molecule has 5 heteroatoms. The van der Waals surface area contributed by atoms with Crippen LogP contribution in [0.15, 0.2) is 34.1 Å². The SMILES string of the molecule is O=C(c1ccc(Cl)c(Br)c1)c1ccsn1. The second-order valence-corrected chi connectivity index (χ2v) is 4.77. The standard InChI is InChI=1S/C10H5BrClNOS/c11-7-5-6(1-2-8(7)12)10(14)9-3-4-15-13-9/h1-5H. The Bertz CT molecular complexity index is 498. The third-order valence-electron chi connectivity index (χ3n) is 1.85. The van der Waals surface area contributed by atoms with Crippen molar-refractivity contribution in [2.45, 2.75) is 0 Å². The van der Waals surface area contributed by atoms with Crippen molar-refractivity contribution in [1.82, 2.24) is 4.37 Å². The molecule has 0 saturated carbocycles. The Labute approximate surface area is 104 Å². The molecule has 0 aliphatic heterocycles. The maximum Gasteiger partial charge on any atom is 0.212 e. The molecule has 15 heavy (non-hydrogen) atoms. The molecule has 0 unspecified atom stereocenters. The van der Waals surface area contributed by atoms with E-state index in [4.69, 9.17) is 11.6 Å². The minimum absolute atomic E-state index is 0.0892. The summed E-state index contributed by atoms with van der Waals surface area (Å²) in [7, 11) is 0. The van der Waals surface area contributed by atoms with Crippen molar-refractivity contribution in [1.29, 1.82) is 0 Å². The van der Waals surface area contributed by atoms with Gasteiger partial charge in [-0.1, -0.05) is 11.6 Å². The molecular weight excluding hydrogens is 298 g/mol. The molecule has 0 saturated heterocycles. The summed E-state index contributed by atoms with van der Waals surface area (Å²) < 4.78 is 4.70. The van der Waals surface area contributed by atoms with Gasteiger partial charge in [-0.05, 0) is 51.7 Å². The van der Waals surface area contributed by atoms with Gasteiger partial charge in [0, 0.05) is 15.4 Å². The molecule has 1 heterocycles. The van der Waals surface area contributed by atoms with Crippen LogP contribution in [0, 0.1) is 0 Å². The predicted octanol–water partition coefficient (Wildman–Crippen LogP) is 3.79. The third kappa shape index (κ3) is 2.27. The maximum atomic E-state index is 11.9. The second kappa shape index (κ2) is 4.43. The van der Waals surface area contributed by atoms with Gasteiger partial charge in [-0.3, -0.25) is 4.79 Å². The van der Waals surface area contributed by atoms with Crippen LogP contribution in [0.4, 0.5) is 0 Å². The summed E-state index contributed by atoms with van der Waals surface area (Å²) in [5.74, 6) is -0.0892. The first-order chi connectivity index (χ1) is 7.18. The van der Waals surface area contributed by atoms with E-state index in [1.54, 1.807) is 29.6 Å². The van der Waals surface area contributed by atoms with E-state index in [9.17, 15) is 4.79 Å². The van der Waals surface area contributed by atoms with Crippen LogP contribution < -0.4 is 0 Å². The second-order valence-electron chi connectivity index (χ2n) is 2.84. The minimum atomic E-state index is -0.0892. The third-order valence-corrected chi connectivity index (χ3v) is 3.63. The lowest BCUT2D eigenvalue weighted by Crippen LogP contribution is -2.00. The summed E-state index contributed by atoms with van der Waals surface area (Å²) in [6, 6.07) is 6.78. The number of ketones is 1. The van der Waals surface area contributed by atoms with E-state index in [-0.39, 0.29) is 5.78 Å². The zero-order chi connectivity index (χ0) is 10.8. The van der Waals surface area contributed by atoms with E-state index in [0.29, 0.717) is 20.8 Å². The summed E-state index contributed by atoms with van der Waals surface area (Å²) >= 11 is 10.4. The lowest BCUT2D eigenvalue weighted by atomic mass is 10.1. The van der Waals surface area contributed by atoms with Gasteiger partial charge in [-0.2, -0.15) is 4.37 Å². The van der Waals surface area contributed by atoms with Crippen molar-refractivity contribution >= 4 is 44.8 Å². The molecule has 76 valence electrons. The fourth-order valence-corrected chi connectivity index (χ4v) is 2.12. The quantitative estimate of drug-likeness (QED) is 0.790. The first-order valence-electron chi connectivity index (χ1n) is 4.08. The zero-order valence-electron chi connectivity index (χ0n) is 7.41. The fraction of sp³-hybridized carbons (Fsp3) is 0. The lowest BCUT2D eigenvalue weighted by molar-refractivity contribution is 0.103. The molecule has 0 atom stereocenters. The summed E-state index contributed by atoms with van der Waals surface area (Å²) in [6.45, 7) is 0. The van der Waals surface area contributed by atoms with Crippen LogP contribution in [-0.4, -0.2) is 10.2 Å². The van der Waals surface area contributed by atoms with Gasteiger partial charge in [-0.15, -0.1) is 0 Å². The molecule has 0 fully saturated rings. The van der Waals surface area contributed by atoms with Gasteiger partial charge >= 0.3 is 0 Å². The fourth-order valence-electron chi connectivity index (χ4n) is 1.11. The highest BCUT2D eigenvalue weighted by Gasteiger charge is 2.11. The Kier molecular flexibility index (Phi) is 3.19. The molecule has 0 aliphatic rings. The van der Waals surface area contributed by atoms with Gasteiger partial charge in [0.15, 0.2) is 0 Å². The largest absolute Gasteiger partial charge is 0.287 e. The number of hydrogen-bond acceptors (Lipinski definition) is 3. The van der Waals surface area contributed by atoms with Crippen molar-refractivity contribution in [3.05, 3.63) is 50.4 Å². The van der Waals surface area contributed by atoms with E-state index in [1.807, 2.05) is 0 Å². The number of nitrogens with zero attached hydrogens (tertiary/aromatic N) is 1. The number of rotatable bonds is 2. The van der Waals surface area contributed by atoms with E-state index in [2.05, 4.69) is 20.3 Å². The van der Waals surface area contributed by atoms with E-state index in [1.165, 1.54) is 11.5 Å². The lowest BCUT2D eigenvalue weighted by Gasteiger charge is -2.00. The monoisotopic (exact) mass is 301 g/mol. The normalized spacial score (nSPS) is 10.3. The summed E-state index contributed by atoms with van der Waals surface area (Å²) in [5.41, 5.74) is 1.05. The number of carbonyl (C=O) groups excluding carboxylic acids is 1. The van der Waals surface area contributed by atoms with Gasteiger partial charge in [0.25, 0.3) is 0 Å². The van der Waals surface area contributed by atoms with Gasteiger partial charge in [0.05, 0.1) is 5.02 Å². The molecule has 0 amide bonds. The molecule has 0 bridgehead atoms. The molecule has 1 aromatic carbocycles. The highest BCUT2D eigenvalue weighted by molar-refractivity contribution is 9.10. The van der Waals surface area contributed by atoms with Crippen LogP contribution in [-0.2, 0) is 0 Å². The van der Waals surface area contributed by atoms with Crippen LogP contribution in [0.3, 0.4) is 0 Å². The topological polar surface area (TPSA) is 30.0 Å². The molecule has 2 rings (SSSR count). The van der Waals surface area contributed by atoms with Gasteiger partial charge in [0.1, 0.15) is 5.69 Å². The molecular formula is C10H5BrClNOS. The van der Waals surface area contributed by atoms with Crippen molar-refractivity contribution in [3.8, 4) is 0 Å². The summed E-state index contributed by atoms with van der Waals surface area (Å²) in [5, 5.41) is 2.36. The van der Waals surface area contributed by atoms with Gasteiger partial charge in [-0.25, -0.2) is 0 Å². The molecule has 0 aliphatic carbocycles. The van der Waals surface area contributed by atoms with Gasteiger partial charge < -0.3 is 0 Å². The van der Waals surface area contributed by atoms with E-state index in [0.717, 1.165) is 0 Å². The summed E-state index contributed by atoms with van der Waals surface area (Å²) in [4.78, 5) is 11.9. The number of aromatic nitrogens is 1. The molecule has 2 nitrogen and oxygen atoms in total. The highest BCUT2D eigenvalue weighted by atomic mass is 79.9. The van der Waals surface area contributed by atoms with Crippen LogP contribution in [0.5, 0.6) is 0 Å². The molecule has 0 N–H and O–H groups in total. The predicted molar refractivity (Wildman–Crippen MR) is 64.7 cm³/mol. The number of halogens is 2. The maximum absolute atomic E-state index is 11.9. The Morgan fingerprint density at radius 1 is 1.40 bits per heavy atom. The van der Waals surface area contributed by atoms with Crippen LogP contribution in [0.25, 0.3) is 0 Å². The van der Waals surface area contributed by atoms with Crippen LogP contribution in [0.2, 0.25) is 5.02 Å². The molecule has 0 radical (unpaired) electrons. The van der Waals surface area contributed by atoms with Crippen LogP contribution in [0.1, 0.15) is 16.1 Å². The van der Waals surface area contributed by atoms with Crippen molar-refractivity contribution in [2.75, 3.05) is 0 Å². The zero-order valence-corrected chi connectivity index (χ0v) is 10.6. The first-order valence-corrected chi connectivity index (χ1v) is 6.09. The number of carbonyl (C=O) groups is 1. The molecule has 2 aromatic rings.